The van der Waals surface area contributed by atoms with Crippen LogP contribution in [0.25, 0.3) is 0 Å². The Morgan fingerprint density at radius 2 is 2.20 bits per heavy atom. The summed E-state index contributed by atoms with van der Waals surface area (Å²) in [6.45, 7) is 0.0512. The van der Waals surface area contributed by atoms with Crippen LogP contribution in [-0.4, -0.2) is 19.8 Å². The molecular formula is C10H12ClNO3. The predicted molar refractivity (Wildman–Crippen MR) is 56.7 cm³/mol. The highest BCUT2D eigenvalue weighted by Gasteiger charge is 2.14. The number of carbonyl (C=O) groups excluding carboxylic acids is 1. The Bertz CT molecular complexity index is 343. The number of rotatable bonds is 4. The molecule has 1 aromatic carbocycles. The standard InChI is InChI=1S/C10H12ClNO3/c1-14-9(6-15-10(12)13)7-4-2-3-5-8(7)11/h2-5,9H,6H2,1H3,(H2,12,13)/t9-/m1/s1. The molecule has 82 valence electrons. The average Bonchev–Trinajstić information content (AvgIpc) is 2.21. The van der Waals surface area contributed by atoms with Gasteiger partial charge < -0.3 is 15.2 Å². The maximum atomic E-state index is 10.4. The van der Waals surface area contributed by atoms with Gasteiger partial charge in [0, 0.05) is 17.7 Å². The van der Waals surface area contributed by atoms with Crippen molar-refractivity contribution in [1.82, 2.24) is 0 Å². The highest BCUT2D eigenvalue weighted by Crippen LogP contribution is 2.24. The fourth-order valence-electron chi connectivity index (χ4n) is 1.18. The topological polar surface area (TPSA) is 61.6 Å². The zero-order chi connectivity index (χ0) is 11.3. The van der Waals surface area contributed by atoms with Gasteiger partial charge in [-0.05, 0) is 6.07 Å². The molecule has 5 heteroatoms. The van der Waals surface area contributed by atoms with Crippen LogP contribution in [0.1, 0.15) is 11.7 Å². The fourth-order valence-corrected chi connectivity index (χ4v) is 1.44. The van der Waals surface area contributed by atoms with Crippen LogP contribution in [0, 0.1) is 0 Å². The number of nitrogens with two attached hydrogens (primary N) is 1. The Morgan fingerprint density at radius 1 is 1.53 bits per heavy atom. The zero-order valence-corrected chi connectivity index (χ0v) is 9.03. The van der Waals surface area contributed by atoms with Crippen LogP contribution in [0.2, 0.25) is 5.02 Å². The molecule has 0 aliphatic rings. The minimum Gasteiger partial charge on any atom is -0.447 e. The van der Waals surface area contributed by atoms with Crippen molar-refractivity contribution in [2.24, 2.45) is 5.73 Å². The van der Waals surface area contributed by atoms with Crippen LogP contribution >= 0.6 is 11.6 Å². The van der Waals surface area contributed by atoms with E-state index in [4.69, 9.17) is 22.1 Å². The Labute approximate surface area is 92.9 Å². The molecule has 1 rings (SSSR count). The molecule has 0 aromatic heterocycles. The van der Waals surface area contributed by atoms with Crippen molar-refractivity contribution in [2.45, 2.75) is 6.10 Å². The second kappa shape index (κ2) is 5.58. The lowest BCUT2D eigenvalue weighted by Gasteiger charge is -2.16. The number of amides is 1. The van der Waals surface area contributed by atoms with Gasteiger partial charge in [-0.3, -0.25) is 0 Å². The SMILES string of the molecule is CO[C@H](COC(N)=O)c1ccccc1Cl. The third-order valence-corrected chi connectivity index (χ3v) is 2.26. The van der Waals surface area contributed by atoms with Crippen molar-refractivity contribution in [3.05, 3.63) is 34.9 Å². The van der Waals surface area contributed by atoms with E-state index in [1.165, 1.54) is 7.11 Å². The van der Waals surface area contributed by atoms with Crippen molar-refractivity contribution in [1.29, 1.82) is 0 Å². The lowest BCUT2D eigenvalue weighted by atomic mass is 10.1. The van der Waals surface area contributed by atoms with Crippen LogP contribution in [0.15, 0.2) is 24.3 Å². The summed E-state index contributed by atoms with van der Waals surface area (Å²) in [7, 11) is 1.51. The van der Waals surface area contributed by atoms with E-state index in [0.717, 1.165) is 5.56 Å². The summed E-state index contributed by atoms with van der Waals surface area (Å²) in [5.41, 5.74) is 5.63. The van der Waals surface area contributed by atoms with Crippen LogP contribution in [0.3, 0.4) is 0 Å². The number of ether oxygens (including phenoxy) is 2. The van der Waals surface area contributed by atoms with E-state index < -0.39 is 12.2 Å². The summed E-state index contributed by atoms with van der Waals surface area (Å²) in [6.07, 6.45) is -1.23. The highest BCUT2D eigenvalue weighted by atomic mass is 35.5. The zero-order valence-electron chi connectivity index (χ0n) is 8.27. The Balaban J connectivity index is 2.74. The molecule has 0 heterocycles. The van der Waals surface area contributed by atoms with Gasteiger partial charge in [0.05, 0.1) is 0 Å². The molecule has 0 aliphatic carbocycles. The molecule has 1 aromatic rings. The van der Waals surface area contributed by atoms with Gasteiger partial charge in [-0.25, -0.2) is 4.79 Å². The molecule has 0 saturated carbocycles. The number of hydrogen-bond acceptors (Lipinski definition) is 3. The minimum atomic E-state index is -0.830. The normalized spacial score (nSPS) is 12.1. The summed E-state index contributed by atoms with van der Waals surface area (Å²) < 4.78 is 9.81. The van der Waals surface area contributed by atoms with Gasteiger partial charge in [0.1, 0.15) is 12.7 Å². The second-order valence-corrected chi connectivity index (χ2v) is 3.28. The highest BCUT2D eigenvalue weighted by molar-refractivity contribution is 6.31. The molecule has 0 fully saturated rings. The first-order chi connectivity index (χ1) is 7.15. The van der Waals surface area contributed by atoms with Crippen LogP contribution in [0.5, 0.6) is 0 Å². The number of benzene rings is 1. The van der Waals surface area contributed by atoms with Gasteiger partial charge in [-0.15, -0.1) is 0 Å². The first-order valence-corrected chi connectivity index (χ1v) is 4.72. The lowest BCUT2D eigenvalue weighted by molar-refractivity contribution is 0.0373. The largest absolute Gasteiger partial charge is 0.447 e. The van der Waals surface area contributed by atoms with E-state index in [9.17, 15) is 4.79 Å². The molecule has 4 nitrogen and oxygen atoms in total. The minimum absolute atomic E-state index is 0.0512. The first kappa shape index (κ1) is 11.8. The number of primary amides is 1. The van der Waals surface area contributed by atoms with Gasteiger partial charge in [0.15, 0.2) is 0 Å². The van der Waals surface area contributed by atoms with E-state index in [1.54, 1.807) is 12.1 Å². The fraction of sp³-hybridized carbons (Fsp3) is 0.300. The molecule has 0 radical (unpaired) electrons. The van der Waals surface area contributed by atoms with E-state index in [-0.39, 0.29) is 6.61 Å². The smallest absolute Gasteiger partial charge is 0.404 e. The molecule has 0 saturated heterocycles. The van der Waals surface area contributed by atoms with Gasteiger partial charge in [0.25, 0.3) is 0 Å². The van der Waals surface area contributed by atoms with Crippen molar-refractivity contribution >= 4 is 17.7 Å². The third kappa shape index (κ3) is 3.42. The van der Waals surface area contributed by atoms with Gasteiger partial charge in [-0.2, -0.15) is 0 Å². The summed E-state index contributed by atoms with van der Waals surface area (Å²) >= 11 is 5.96. The van der Waals surface area contributed by atoms with Crippen molar-refractivity contribution in [2.75, 3.05) is 13.7 Å². The Hall–Kier alpha value is -1.26. The monoisotopic (exact) mass is 229 g/mol. The molecule has 1 amide bonds. The Kier molecular flexibility index (Phi) is 4.39. The molecule has 15 heavy (non-hydrogen) atoms. The van der Waals surface area contributed by atoms with Crippen molar-refractivity contribution < 1.29 is 14.3 Å². The van der Waals surface area contributed by atoms with Crippen molar-refractivity contribution in [3.63, 3.8) is 0 Å². The van der Waals surface area contributed by atoms with E-state index in [2.05, 4.69) is 4.74 Å². The summed E-state index contributed by atoms with van der Waals surface area (Å²) in [6, 6.07) is 7.19. The molecule has 2 N–H and O–H groups in total. The number of halogens is 1. The summed E-state index contributed by atoms with van der Waals surface area (Å²) in [5, 5.41) is 0.567. The third-order valence-electron chi connectivity index (χ3n) is 1.91. The first-order valence-electron chi connectivity index (χ1n) is 4.34. The van der Waals surface area contributed by atoms with Crippen LogP contribution < -0.4 is 5.73 Å². The second-order valence-electron chi connectivity index (χ2n) is 2.88. The van der Waals surface area contributed by atoms with E-state index in [0.29, 0.717) is 5.02 Å². The molecule has 0 bridgehead atoms. The van der Waals surface area contributed by atoms with E-state index in [1.807, 2.05) is 12.1 Å². The number of carbonyl (C=O) groups is 1. The van der Waals surface area contributed by atoms with E-state index >= 15 is 0 Å². The Morgan fingerprint density at radius 3 is 2.73 bits per heavy atom. The van der Waals surface area contributed by atoms with Gasteiger partial charge in [0.2, 0.25) is 0 Å². The molecule has 0 spiro atoms. The number of hydrogen-bond donors (Lipinski definition) is 1. The van der Waals surface area contributed by atoms with Gasteiger partial charge >= 0.3 is 6.09 Å². The van der Waals surface area contributed by atoms with Crippen molar-refractivity contribution in [3.8, 4) is 0 Å². The molecule has 0 aliphatic heterocycles. The maximum Gasteiger partial charge on any atom is 0.404 e. The summed E-state index contributed by atoms with van der Waals surface area (Å²) in [4.78, 5) is 10.4. The molecule has 0 unspecified atom stereocenters. The lowest BCUT2D eigenvalue weighted by Crippen LogP contribution is -2.19. The molecule has 1 atom stereocenters. The average molecular weight is 230 g/mol. The van der Waals surface area contributed by atoms with Crippen LogP contribution in [-0.2, 0) is 9.47 Å². The van der Waals surface area contributed by atoms with Gasteiger partial charge in [-0.1, -0.05) is 29.8 Å². The maximum absolute atomic E-state index is 10.4. The predicted octanol–water partition coefficient (Wildman–Crippen LogP) is 2.12. The quantitative estimate of drug-likeness (QED) is 0.860. The molecular weight excluding hydrogens is 218 g/mol. The number of methoxy groups -OCH3 is 1. The summed E-state index contributed by atoms with van der Waals surface area (Å²) in [5.74, 6) is 0. The van der Waals surface area contributed by atoms with Crippen LogP contribution in [0.4, 0.5) is 4.79 Å².